The van der Waals surface area contributed by atoms with Gasteiger partial charge in [0.05, 0.1) is 25.2 Å². The molecule has 23 heavy (non-hydrogen) atoms. The third-order valence-electron chi connectivity index (χ3n) is 3.50. The summed E-state index contributed by atoms with van der Waals surface area (Å²) in [4.78, 5) is 5.40. The molecule has 0 amide bonds. The van der Waals surface area contributed by atoms with Crippen LogP contribution in [-0.4, -0.2) is 30.2 Å². The van der Waals surface area contributed by atoms with Crippen molar-refractivity contribution in [1.29, 1.82) is 0 Å². The van der Waals surface area contributed by atoms with Crippen LogP contribution in [0.15, 0.2) is 47.9 Å². The Morgan fingerprint density at radius 3 is 2.43 bits per heavy atom. The monoisotopic (exact) mass is 315 g/mol. The molecule has 0 aliphatic carbocycles. The van der Waals surface area contributed by atoms with Gasteiger partial charge in [-0.05, 0) is 42.8 Å². The molecule has 0 heterocycles. The van der Waals surface area contributed by atoms with Gasteiger partial charge in [0.2, 0.25) is 5.28 Å². The fourth-order valence-corrected chi connectivity index (χ4v) is 2.23. The van der Waals surface area contributed by atoms with Gasteiger partial charge in [-0.1, -0.05) is 24.3 Å². The molecule has 6 heteroatoms. The Labute approximate surface area is 135 Å². The first-order valence-corrected chi connectivity index (χ1v) is 7.51. The second kappa shape index (κ2) is 8.03. The maximum absolute atomic E-state index is 11.6. The Morgan fingerprint density at radius 2 is 1.83 bits per heavy atom. The fourth-order valence-electron chi connectivity index (χ4n) is 2.23. The minimum absolute atomic E-state index is 0.446. The molecule has 0 fully saturated rings. The molecule has 0 atom stereocenters. The first-order valence-electron chi connectivity index (χ1n) is 7.51. The van der Waals surface area contributed by atoms with Crippen LogP contribution in [0.5, 0.6) is 5.75 Å². The van der Waals surface area contributed by atoms with Crippen LogP contribution in [-0.2, 0) is 4.84 Å². The minimum atomic E-state index is 0.446. The van der Waals surface area contributed by atoms with Gasteiger partial charge in [0.1, 0.15) is 12.0 Å². The molecule has 0 spiro atoms. The van der Waals surface area contributed by atoms with Gasteiger partial charge in [0, 0.05) is 5.56 Å². The highest BCUT2D eigenvalue weighted by molar-refractivity contribution is 5.87. The molecular weight excluding hydrogens is 294 g/mol. The molecule has 2 aromatic carbocycles. The van der Waals surface area contributed by atoms with Crippen molar-refractivity contribution in [3.8, 4) is 5.75 Å². The van der Waals surface area contributed by atoms with Crippen LogP contribution in [0.4, 0.5) is 0 Å². The first-order chi connectivity index (χ1) is 11.2. The Kier molecular flexibility index (Phi) is 5.80. The molecule has 0 aliphatic heterocycles. The van der Waals surface area contributed by atoms with E-state index in [1.807, 2.05) is 50.2 Å². The van der Waals surface area contributed by atoms with Crippen LogP contribution in [0.2, 0.25) is 0 Å². The summed E-state index contributed by atoms with van der Waals surface area (Å²) in [5.41, 5.74) is 0.849. The molecule has 0 saturated carbocycles. The second-order valence-corrected chi connectivity index (χ2v) is 4.82. The summed E-state index contributed by atoms with van der Waals surface area (Å²) in [5, 5.41) is 18.8. The number of fused-ring (bicyclic) bond motifs is 1. The molecule has 0 unspecified atom stereocenters. The fraction of sp³-hybridized carbons (Fsp3) is 0.294. The van der Waals surface area contributed by atoms with Crippen molar-refractivity contribution < 1.29 is 14.5 Å². The van der Waals surface area contributed by atoms with E-state index in [0.717, 1.165) is 22.1 Å². The van der Waals surface area contributed by atoms with Crippen molar-refractivity contribution in [2.24, 2.45) is 5.28 Å². The number of hydrogen-bond acceptors (Lipinski definition) is 4. The van der Waals surface area contributed by atoms with Crippen LogP contribution in [0.25, 0.3) is 16.8 Å². The van der Waals surface area contributed by atoms with E-state index >= 15 is 0 Å². The van der Waals surface area contributed by atoms with E-state index in [1.165, 1.54) is 11.3 Å². The predicted octanol–water partition coefficient (Wildman–Crippen LogP) is 3.97. The number of nitrogens with zero attached hydrogens (tertiary/aromatic N) is 3. The second-order valence-electron chi connectivity index (χ2n) is 4.82. The van der Waals surface area contributed by atoms with Crippen molar-refractivity contribution in [2.75, 3.05) is 20.2 Å². The molecule has 6 nitrogen and oxygen atoms in total. The Bertz CT molecular complexity index is 709. The molecule has 0 radical (unpaired) electrons. The van der Waals surface area contributed by atoms with Crippen molar-refractivity contribution in [3.05, 3.63) is 53.4 Å². The highest BCUT2D eigenvalue weighted by Gasteiger charge is 2.06. The minimum Gasteiger partial charge on any atom is -0.569 e. The van der Waals surface area contributed by atoms with Gasteiger partial charge in [-0.15, -0.1) is 5.01 Å². The molecule has 0 saturated heterocycles. The SMILES string of the molecule is CCN(CC)/[N+]([O-])=N/O/C=C/c1cc2ccccc2cc1OC. The molecule has 122 valence electrons. The van der Waals surface area contributed by atoms with E-state index in [2.05, 4.69) is 5.28 Å². The van der Waals surface area contributed by atoms with E-state index in [0.29, 0.717) is 18.1 Å². The zero-order valence-corrected chi connectivity index (χ0v) is 13.6. The van der Waals surface area contributed by atoms with Crippen molar-refractivity contribution >= 4 is 16.8 Å². The van der Waals surface area contributed by atoms with Gasteiger partial charge in [-0.25, -0.2) is 0 Å². The van der Waals surface area contributed by atoms with Gasteiger partial charge in [-0.2, -0.15) is 0 Å². The van der Waals surface area contributed by atoms with Gasteiger partial charge in [0.15, 0.2) is 0 Å². The normalized spacial score (nSPS) is 11.9. The molecule has 0 N–H and O–H groups in total. The van der Waals surface area contributed by atoms with Crippen LogP contribution >= 0.6 is 0 Å². The molecule has 0 aromatic heterocycles. The van der Waals surface area contributed by atoms with Gasteiger partial charge in [-0.3, -0.25) is 0 Å². The molecular formula is C17H21N3O3. The van der Waals surface area contributed by atoms with Crippen molar-refractivity contribution in [1.82, 2.24) is 5.01 Å². The van der Waals surface area contributed by atoms with Crippen molar-refractivity contribution in [2.45, 2.75) is 13.8 Å². The lowest BCUT2D eigenvalue weighted by Crippen LogP contribution is -2.30. The summed E-state index contributed by atoms with van der Waals surface area (Å²) < 4.78 is 5.39. The lowest BCUT2D eigenvalue weighted by atomic mass is 10.1. The van der Waals surface area contributed by atoms with Gasteiger partial charge < -0.3 is 14.8 Å². The topological polar surface area (TPSA) is 60.1 Å². The van der Waals surface area contributed by atoms with Crippen molar-refractivity contribution in [3.63, 3.8) is 0 Å². The summed E-state index contributed by atoms with van der Waals surface area (Å²) in [6.07, 6.45) is 3.08. The highest BCUT2D eigenvalue weighted by Crippen LogP contribution is 2.26. The van der Waals surface area contributed by atoms with Crippen LogP contribution in [0, 0.1) is 5.21 Å². The maximum Gasteiger partial charge on any atom is 0.238 e. The summed E-state index contributed by atoms with van der Waals surface area (Å²) in [5.74, 6) is 0.728. The average Bonchev–Trinajstić information content (AvgIpc) is 2.59. The maximum atomic E-state index is 11.6. The Morgan fingerprint density at radius 1 is 1.17 bits per heavy atom. The van der Waals surface area contributed by atoms with Gasteiger partial charge >= 0.3 is 0 Å². The predicted molar refractivity (Wildman–Crippen MR) is 89.6 cm³/mol. The number of methoxy groups -OCH3 is 1. The quantitative estimate of drug-likeness (QED) is 0.336. The molecule has 0 bridgehead atoms. The van der Waals surface area contributed by atoms with E-state index in [1.54, 1.807) is 13.2 Å². The van der Waals surface area contributed by atoms with Gasteiger partial charge in [0.25, 0.3) is 0 Å². The summed E-state index contributed by atoms with van der Waals surface area (Å²) in [7, 11) is 1.62. The van der Waals surface area contributed by atoms with Crippen LogP contribution < -0.4 is 4.74 Å². The van der Waals surface area contributed by atoms with E-state index in [4.69, 9.17) is 9.57 Å². The largest absolute Gasteiger partial charge is 0.569 e. The Hall–Kier alpha value is -2.76. The lowest BCUT2D eigenvalue weighted by molar-refractivity contribution is -0.708. The standard InChI is InChI=1S/C17H21N3O3/c1-4-19(5-2)20(21)18-23-11-10-16-12-14-8-6-7-9-15(14)13-17(16)22-3/h6-13H,4-5H2,1-3H3/b11-10+,20-18-. The summed E-state index contributed by atoms with van der Waals surface area (Å²) >= 11 is 0. The zero-order chi connectivity index (χ0) is 16.7. The number of hydrogen-bond donors (Lipinski definition) is 0. The third-order valence-corrected chi connectivity index (χ3v) is 3.50. The summed E-state index contributed by atoms with van der Waals surface area (Å²) in [6.45, 7) is 4.88. The smallest absolute Gasteiger partial charge is 0.238 e. The van der Waals surface area contributed by atoms with Crippen LogP contribution in [0.3, 0.4) is 0 Å². The molecule has 2 aromatic rings. The van der Waals surface area contributed by atoms with Crippen LogP contribution in [0.1, 0.15) is 19.4 Å². The molecule has 2 rings (SSSR count). The van der Waals surface area contributed by atoms with E-state index in [-0.39, 0.29) is 0 Å². The Balaban J connectivity index is 2.16. The van der Waals surface area contributed by atoms with E-state index < -0.39 is 0 Å². The number of ether oxygens (including phenoxy) is 1. The van der Waals surface area contributed by atoms with E-state index in [9.17, 15) is 5.21 Å². The molecule has 0 aliphatic rings. The number of hydrazine groups is 1. The zero-order valence-electron chi connectivity index (χ0n) is 13.6. The highest BCUT2D eigenvalue weighted by atomic mass is 16.7. The number of benzene rings is 2. The average molecular weight is 315 g/mol. The summed E-state index contributed by atoms with van der Waals surface area (Å²) in [6, 6.07) is 12.0. The lowest BCUT2D eigenvalue weighted by Gasteiger charge is -2.12. The first kappa shape index (κ1) is 16.6. The number of rotatable bonds is 7. The third kappa shape index (κ3) is 4.12.